The van der Waals surface area contributed by atoms with E-state index in [-0.39, 0.29) is 11.9 Å². The van der Waals surface area contributed by atoms with E-state index in [1.54, 1.807) is 6.07 Å². The van der Waals surface area contributed by atoms with Crippen molar-refractivity contribution in [2.45, 2.75) is 12.5 Å². The summed E-state index contributed by atoms with van der Waals surface area (Å²) >= 11 is 7.23. The average molecular weight is 231 g/mol. The van der Waals surface area contributed by atoms with Crippen LogP contribution in [0.2, 0.25) is 5.02 Å². The monoisotopic (exact) mass is 230 g/mol. The van der Waals surface area contributed by atoms with Crippen LogP contribution in [0, 0.1) is 0 Å². The number of rotatable bonds is 2. The number of carbonyl (C=O) groups excluding carboxylic acids is 1. The molecule has 1 aliphatic heterocycles. The van der Waals surface area contributed by atoms with Gasteiger partial charge in [0, 0.05) is 12.6 Å². The van der Waals surface area contributed by atoms with Gasteiger partial charge < -0.3 is 10.6 Å². The first-order valence-electron chi connectivity index (χ1n) is 4.52. The van der Waals surface area contributed by atoms with Crippen LogP contribution in [0.3, 0.4) is 0 Å². The molecule has 2 N–H and O–H groups in total. The predicted molar refractivity (Wildman–Crippen MR) is 58.1 cm³/mol. The minimum atomic E-state index is -0.0568. The minimum Gasteiger partial charge on any atom is -0.347 e. The molecule has 5 heteroatoms. The van der Waals surface area contributed by atoms with Gasteiger partial charge in [0.15, 0.2) is 0 Å². The van der Waals surface area contributed by atoms with Gasteiger partial charge in [-0.2, -0.15) is 0 Å². The van der Waals surface area contributed by atoms with E-state index in [0.717, 1.165) is 19.5 Å². The second-order valence-electron chi connectivity index (χ2n) is 3.26. The minimum absolute atomic E-state index is 0.0568. The Morgan fingerprint density at radius 3 is 3.14 bits per heavy atom. The van der Waals surface area contributed by atoms with Gasteiger partial charge in [0.2, 0.25) is 0 Å². The molecule has 0 radical (unpaired) electrons. The van der Waals surface area contributed by atoms with Gasteiger partial charge >= 0.3 is 0 Å². The Bertz CT molecular complexity index is 333. The van der Waals surface area contributed by atoms with Crippen LogP contribution in [0.15, 0.2) is 11.4 Å². The first-order valence-corrected chi connectivity index (χ1v) is 5.77. The zero-order valence-corrected chi connectivity index (χ0v) is 9.12. The number of carbonyl (C=O) groups is 1. The van der Waals surface area contributed by atoms with Crippen LogP contribution in [0.4, 0.5) is 0 Å². The van der Waals surface area contributed by atoms with Crippen LogP contribution < -0.4 is 10.6 Å². The van der Waals surface area contributed by atoms with Gasteiger partial charge in [0.25, 0.3) is 5.91 Å². The SMILES string of the molecule is O=C(NC1CCNC1)c1sccc1Cl. The van der Waals surface area contributed by atoms with Gasteiger partial charge in [-0.3, -0.25) is 4.79 Å². The Hall–Kier alpha value is -0.580. The quantitative estimate of drug-likeness (QED) is 0.809. The van der Waals surface area contributed by atoms with E-state index in [4.69, 9.17) is 11.6 Å². The number of nitrogens with one attached hydrogen (secondary N) is 2. The number of halogens is 1. The van der Waals surface area contributed by atoms with E-state index in [9.17, 15) is 4.79 Å². The van der Waals surface area contributed by atoms with Crippen LogP contribution in [0.5, 0.6) is 0 Å². The van der Waals surface area contributed by atoms with E-state index in [1.165, 1.54) is 11.3 Å². The lowest BCUT2D eigenvalue weighted by Crippen LogP contribution is -2.35. The molecule has 1 aliphatic rings. The molecule has 0 spiro atoms. The summed E-state index contributed by atoms with van der Waals surface area (Å²) in [6, 6.07) is 1.99. The number of hydrogen-bond donors (Lipinski definition) is 2. The summed E-state index contributed by atoms with van der Waals surface area (Å²) in [5.74, 6) is -0.0568. The second kappa shape index (κ2) is 4.29. The highest BCUT2D eigenvalue weighted by Gasteiger charge is 2.19. The second-order valence-corrected chi connectivity index (χ2v) is 4.58. The third-order valence-electron chi connectivity index (χ3n) is 2.22. The highest BCUT2D eigenvalue weighted by atomic mass is 35.5. The van der Waals surface area contributed by atoms with Crippen molar-refractivity contribution in [1.29, 1.82) is 0 Å². The van der Waals surface area contributed by atoms with Crippen LogP contribution in [-0.2, 0) is 0 Å². The third kappa shape index (κ3) is 2.08. The summed E-state index contributed by atoms with van der Waals surface area (Å²) < 4.78 is 0. The maximum absolute atomic E-state index is 11.7. The largest absolute Gasteiger partial charge is 0.347 e. The molecule has 1 unspecified atom stereocenters. The molecule has 1 saturated heterocycles. The van der Waals surface area contributed by atoms with E-state index in [1.807, 2.05) is 5.38 Å². The van der Waals surface area contributed by atoms with Crippen LogP contribution in [0.25, 0.3) is 0 Å². The van der Waals surface area contributed by atoms with Crippen molar-refractivity contribution in [1.82, 2.24) is 10.6 Å². The maximum atomic E-state index is 11.7. The summed E-state index contributed by atoms with van der Waals surface area (Å²) in [7, 11) is 0. The summed E-state index contributed by atoms with van der Waals surface area (Å²) in [5, 5.41) is 8.50. The van der Waals surface area contributed by atoms with Crippen molar-refractivity contribution in [3.63, 3.8) is 0 Å². The molecule has 14 heavy (non-hydrogen) atoms. The van der Waals surface area contributed by atoms with Crippen LogP contribution in [-0.4, -0.2) is 25.0 Å². The van der Waals surface area contributed by atoms with Gasteiger partial charge in [0.1, 0.15) is 4.88 Å². The van der Waals surface area contributed by atoms with E-state index in [0.29, 0.717) is 9.90 Å². The fraction of sp³-hybridized carbons (Fsp3) is 0.444. The zero-order chi connectivity index (χ0) is 9.97. The molecule has 1 fully saturated rings. The molecule has 2 heterocycles. The molecular weight excluding hydrogens is 220 g/mol. The van der Waals surface area contributed by atoms with Crippen molar-refractivity contribution in [2.75, 3.05) is 13.1 Å². The highest BCUT2D eigenvalue weighted by molar-refractivity contribution is 7.12. The molecule has 1 aromatic heterocycles. The summed E-state index contributed by atoms with van der Waals surface area (Å²) in [5.41, 5.74) is 0. The Morgan fingerprint density at radius 2 is 2.57 bits per heavy atom. The summed E-state index contributed by atoms with van der Waals surface area (Å²) in [4.78, 5) is 12.3. The first kappa shape index (κ1) is 9.96. The van der Waals surface area contributed by atoms with Crippen molar-refractivity contribution >= 4 is 28.8 Å². The molecule has 76 valence electrons. The Kier molecular flexibility index (Phi) is 3.05. The normalized spacial score (nSPS) is 21.1. The Labute approximate surface area is 91.5 Å². The fourth-order valence-corrected chi connectivity index (χ4v) is 2.53. The fourth-order valence-electron chi connectivity index (χ4n) is 1.48. The molecule has 0 aromatic carbocycles. The Morgan fingerprint density at radius 1 is 1.71 bits per heavy atom. The lowest BCUT2D eigenvalue weighted by Gasteiger charge is -2.09. The van der Waals surface area contributed by atoms with Crippen molar-refractivity contribution in [3.05, 3.63) is 21.3 Å². The zero-order valence-electron chi connectivity index (χ0n) is 7.55. The number of amides is 1. The van der Waals surface area contributed by atoms with E-state index < -0.39 is 0 Å². The predicted octanol–water partition coefficient (Wildman–Crippen LogP) is 1.49. The van der Waals surface area contributed by atoms with E-state index in [2.05, 4.69) is 10.6 Å². The lowest BCUT2D eigenvalue weighted by atomic mass is 10.2. The molecule has 1 amide bonds. The highest BCUT2D eigenvalue weighted by Crippen LogP contribution is 2.21. The van der Waals surface area contributed by atoms with Crippen molar-refractivity contribution in [3.8, 4) is 0 Å². The van der Waals surface area contributed by atoms with Crippen molar-refractivity contribution < 1.29 is 4.79 Å². The topological polar surface area (TPSA) is 41.1 Å². The van der Waals surface area contributed by atoms with Crippen LogP contribution in [0.1, 0.15) is 16.1 Å². The van der Waals surface area contributed by atoms with Gasteiger partial charge in [0.05, 0.1) is 5.02 Å². The molecule has 0 aliphatic carbocycles. The molecule has 0 bridgehead atoms. The molecule has 0 saturated carbocycles. The van der Waals surface area contributed by atoms with Gasteiger partial charge in [-0.15, -0.1) is 11.3 Å². The average Bonchev–Trinajstić information content (AvgIpc) is 2.75. The van der Waals surface area contributed by atoms with Gasteiger partial charge in [-0.1, -0.05) is 11.6 Å². The molecule has 3 nitrogen and oxygen atoms in total. The molecular formula is C9H11ClN2OS. The Balaban J connectivity index is 1.98. The molecule has 2 rings (SSSR count). The van der Waals surface area contributed by atoms with Gasteiger partial charge in [-0.05, 0) is 24.4 Å². The third-order valence-corrected chi connectivity index (χ3v) is 3.56. The molecule has 1 atom stereocenters. The number of thiophene rings is 1. The first-order chi connectivity index (χ1) is 6.77. The van der Waals surface area contributed by atoms with Crippen LogP contribution >= 0.6 is 22.9 Å². The van der Waals surface area contributed by atoms with Crippen molar-refractivity contribution in [2.24, 2.45) is 0 Å². The lowest BCUT2D eigenvalue weighted by molar-refractivity contribution is 0.0944. The molecule has 1 aromatic rings. The van der Waals surface area contributed by atoms with Gasteiger partial charge in [-0.25, -0.2) is 0 Å². The standard InChI is InChI=1S/C9H11ClN2OS/c10-7-2-4-14-8(7)9(13)12-6-1-3-11-5-6/h2,4,6,11H,1,3,5H2,(H,12,13). The summed E-state index contributed by atoms with van der Waals surface area (Å²) in [6.07, 6.45) is 0.995. The smallest absolute Gasteiger partial charge is 0.263 e. The maximum Gasteiger partial charge on any atom is 0.263 e. The van der Waals surface area contributed by atoms with E-state index >= 15 is 0 Å². The number of hydrogen-bond acceptors (Lipinski definition) is 3. The summed E-state index contributed by atoms with van der Waals surface area (Å²) in [6.45, 7) is 1.83.